The summed E-state index contributed by atoms with van der Waals surface area (Å²) in [5, 5.41) is 8.70. The molecule has 108 valence electrons. The van der Waals surface area contributed by atoms with Gasteiger partial charge in [-0.15, -0.1) is 0 Å². The summed E-state index contributed by atoms with van der Waals surface area (Å²) >= 11 is 2.16. The normalized spacial score (nSPS) is 10.9. The molecule has 2 aromatic rings. The zero-order valence-corrected chi connectivity index (χ0v) is 14.0. The van der Waals surface area contributed by atoms with Gasteiger partial charge in [-0.2, -0.15) is 5.26 Å². The molecule has 0 N–H and O–H groups in total. The largest absolute Gasteiger partial charge is 0.492 e. The van der Waals surface area contributed by atoms with E-state index in [-0.39, 0.29) is 17.3 Å². The number of benzene rings is 2. The Morgan fingerprint density at radius 2 is 1.86 bits per heavy atom. The van der Waals surface area contributed by atoms with Gasteiger partial charge in [-0.3, -0.25) is 0 Å². The van der Waals surface area contributed by atoms with Crippen molar-refractivity contribution in [1.82, 2.24) is 0 Å². The van der Waals surface area contributed by atoms with E-state index in [1.807, 2.05) is 24.3 Å². The summed E-state index contributed by atoms with van der Waals surface area (Å²) in [7, 11) is -3.40. The van der Waals surface area contributed by atoms with Gasteiger partial charge in [-0.25, -0.2) is 8.42 Å². The molecule has 0 saturated carbocycles. The van der Waals surface area contributed by atoms with Gasteiger partial charge in [0.2, 0.25) is 0 Å². The number of sulfone groups is 1. The molecule has 6 heteroatoms. The third-order valence-corrected chi connectivity index (χ3v) is 5.12. The summed E-state index contributed by atoms with van der Waals surface area (Å²) < 4.78 is 30.7. The van der Waals surface area contributed by atoms with Crippen LogP contribution in [0.3, 0.4) is 0 Å². The molecular formula is C15H12INO3S. The molecule has 0 atom stereocenters. The summed E-state index contributed by atoms with van der Waals surface area (Å²) in [6.45, 7) is 0.0857. The first-order valence-electron chi connectivity index (χ1n) is 6.12. The number of halogens is 1. The van der Waals surface area contributed by atoms with Crippen LogP contribution in [0.2, 0.25) is 0 Å². The van der Waals surface area contributed by atoms with E-state index in [2.05, 4.69) is 22.6 Å². The van der Waals surface area contributed by atoms with E-state index in [0.29, 0.717) is 11.3 Å². The lowest BCUT2D eigenvalue weighted by molar-refractivity contribution is 0.340. The number of nitriles is 1. The maximum Gasteiger partial charge on any atom is 0.181 e. The average molecular weight is 413 g/mol. The molecular weight excluding hydrogens is 401 g/mol. The lowest BCUT2D eigenvalue weighted by atomic mass is 10.2. The van der Waals surface area contributed by atoms with Crippen LogP contribution >= 0.6 is 22.6 Å². The Morgan fingerprint density at radius 1 is 1.14 bits per heavy atom. The quantitative estimate of drug-likeness (QED) is 0.707. The lowest BCUT2D eigenvalue weighted by Gasteiger charge is -2.07. The van der Waals surface area contributed by atoms with Crippen LogP contribution in [0.25, 0.3) is 0 Å². The first-order valence-corrected chi connectivity index (χ1v) is 8.86. The van der Waals surface area contributed by atoms with Crippen molar-refractivity contribution in [3.8, 4) is 11.8 Å². The van der Waals surface area contributed by atoms with Gasteiger partial charge in [0, 0.05) is 3.57 Å². The minimum atomic E-state index is -3.40. The fraction of sp³-hybridized carbons (Fsp3) is 0.133. The molecule has 0 saturated heterocycles. The monoisotopic (exact) mass is 413 g/mol. The molecule has 0 heterocycles. The fourth-order valence-electron chi connectivity index (χ4n) is 1.68. The number of nitrogens with zero attached hydrogens (tertiary/aromatic N) is 1. The van der Waals surface area contributed by atoms with E-state index in [9.17, 15) is 8.42 Å². The van der Waals surface area contributed by atoms with Crippen LogP contribution in [0.15, 0.2) is 53.4 Å². The van der Waals surface area contributed by atoms with E-state index < -0.39 is 9.84 Å². The molecule has 0 aliphatic heterocycles. The minimum Gasteiger partial charge on any atom is -0.492 e. The Morgan fingerprint density at radius 3 is 2.48 bits per heavy atom. The Kier molecular flexibility index (Phi) is 5.20. The van der Waals surface area contributed by atoms with Crippen LogP contribution in [0, 0.1) is 14.9 Å². The lowest BCUT2D eigenvalue weighted by Crippen LogP contribution is -2.14. The third kappa shape index (κ3) is 4.44. The highest BCUT2D eigenvalue weighted by Crippen LogP contribution is 2.16. The first kappa shape index (κ1) is 15.8. The van der Waals surface area contributed by atoms with Crippen molar-refractivity contribution in [2.45, 2.75) is 4.90 Å². The van der Waals surface area contributed by atoms with E-state index in [1.165, 1.54) is 24.3 Å². The number of rotatable bonds is 5. The van der Waals surface area contributed by atoms with Crippen LogP contribution < -0.4 is 4.74 Å². The van der Waals surface area contributed by atoms with Crippen molar-refractivity contribution in [2.24, 2.45) is 0 Å². The Hall–Kier alpha value is -1.59. The molecule has 0 aliphatic rings. The van der Waals surface area contributed by atoms with Gasteiger partial charge in [0.25, 0.3) is 0 Å². The number of hydrogen-bond donors (Lipinski definition) is 0. The van der Waals surface area contributed by atoms with Crippen LogP contribution in [-0.4, -0.2) is 20.8 Å². The van der Waals surface area contributed by atoms with Crippen molar-refractivity contribution in [2.75, 3.05) is 12.4 Å². The van der Waals surface area contributed by atoms with E-state index >= 15 is 0 Å². The zero-order chi connectivity index (χ0) is 15.3. The van der Waals surface area contributed by atoms with E-state index in [1.54, 1.807) is 6.07 Å². The van der Waals surface area contributed by atoms with Crippen LogP contribution in [0.4, 0.5) is 0 Å². The molecule has 0 fully saturated rings. The maximum atomic E-state index is 12.1. The van der Waals surface area contributed by atoms with Crippen LogP contribution in [0.1, 0.15) is 5.56 Å². The zero-order valence-electron chi connectivity index (χ0n) is 11.0. The van der Waals surface area contributed by atoms with Crippen molar-refractivity contribution in [3.05, 3.63) is 57.7 Å². The molecule has 4 nitrogen and oxygen atoms in total. The Bertz CT molecular complexity index is 764. The highest BCUT2D eigenvalue weighted by Gasteiger charge is 2.14. The smallest absolute Gasteiger partial charge is 0.181 e. The Labute approximate surface area is 137 Å². The van der Waals surface area contributed by atoms with E-state index in [0.717, 1.165) is 3.57 Å². The summed E-state index contributed by atoms with van der Waals surface area (Å²) in [5.74, 6) is 0.543. The fourth-order valence-corrected chi connectivity index (χ4v) is 3.28. The topological polar surface area (TPSA) is 67.2 Å². The molecule has 0 aromatic heterocycles. The predicted octanol–water partition coefficient (Wildman–Crippen LogP) is 3.02. The van der Waals surface area contributed by atoms with Gasteiger partial charge < -0.3 is 4.74 Å². The standard InChI is InChI=1S/C15H12INO3S/c16-13-2-1-3-14(10-13)20-8-9-21(18,19)15-6-4-12(11-17)5-7-15/h1-7,10H,8-9H2. The van der Waals surface area contributed by atoms with Crippen molar-refractivity contribution in [1.29, 1.82) is 5.26 Å². The molecule has 0 aliphatic carbocycles. The second-order valence-corrected chi connectivity index (χ2v) is 7.62. The van der Waals surface area contributed by atoms with Gasteiger partial charge in [0.05, 0.1) is 22.3 Å². The molecule has 0 spiro atoms. The second kappa shape index (κ2) is 6.91. The molecule has 2 aromatic carbocycles. The van der Waals surface area contributed by atoms with Crippen LogP contribution in [0.5, 0.6) is 5.75 Å². The van der Waals surface area contributed by atoms with Crippen molar-refractivity contribution in [3.63, 3.8) is 0 Å². The summed E-state index contributed by atoms with van der Waals surface area (Å²) in [6, 6.07) is 15.2. The minimum absolute atomic E-state index is 0.0857. The molecule has 21 heavy (non-hydrogen) atoms. The molecule has 0 bridgehead atoms. The van der Waals surface area contributed by atoms with Crippen molar-refractivity contribution >= 4 is 32.4 Å². The third-order valence-electron chi connectivity index (χ3n) is 2.76. The molecule has 2 rings (SSSR count). The second-order valence-electron chi connectivity index (χ2n) is 4.26. The molecule has 0 amide bonds. The number of ether oxygens (including phenoxy) is 1. The van der Waals surface area contributed by atoms with Crippen molar-refractivity contribution < 1.29 is 13.2 Å². The molecule has 0 unspecified atom stereocenters. The summed E-state index contributed by atoms with van der Waals surface area (Å²) in [5.41, 5.74) is 0.434. The SMILES string of the molecule is N#Cc1ccc(S(=O)(=O)CCOc2cccc(I)c2)cc1. The first-order chi connectivity index (χ1) is 10.0. The van der Waals surface area contributed by atoms with Gasteiger partial charge in [-0.05, 0) is 65.1 Å². The predicted molar refractivity (Wildman–Crippen MR) is 87.9 cm³/mol. The van der Waals surface area contributed by atoms with Gasteiger partial charge in [-0.1, -0.05) is 6.07 Å². The highest BCUT2D eigenvalue weighted by atomic mass is 127. The maximum absolute atomic E-state index is 12.1. The average Bonchev–Trinajstić information content (AvgIpc) is 2.47. The summed E-state index contributed by atoms with van der Waals surface area (Å²) in [4.78, 5) is 0.202. The summed E-state index contributed by atoms with van der Waals surface area (Å²) in [6.07, 6.45) is 0. The Balaban J connectivity index is 1.99. The number of hydrogen-bond acceptors (Lipinski definition) is 4. The molecule has 0 radical (unpaired) electrons. The highest BCUT2D eigenvalue weighted by molar-refractivity contribution is 14.1. The van der Waals surface area contributed by atoms with E-state index in [4.69, 9.17) is 10.00 Å². The van der Waals surface area contributed by atoms with Gasteiger partial charge >= 0.3 is 0 Å². The van der Waals surface area contributed by atoms with Gasteiger partial charge in [0.15, 0.2) is 9.84 Å². The van der Waals surface area contributed by atoms with Crippen LogP contribution in [-0.2, 0) is 9.84 Å². The van der Waals surface area contributed by atoms with Gasteiger partial charge in [0.1, 0.15) is 12.4 Å².